The molecule has 1 aliphatic rings. The molecule has 0 aliphatic carbocycles. The Labute approximate surface area is 69.2 Å². The van der Waals surface area contributed by atoms with Crippen LogP contribution in [0.5, 0.6) is 0 Å². The summed E-state index contributed by atoms with van der Waals surface area (Å²) in [4.78, 5) is 0. The molecule has 0 spiro atoms. The summed E-state index contributed by atoms with van der Waals surface area (Å²) in [5.41, 5.74) is 5.33. The van der Waals surface area contributed by atoms with E-state index in [2.05, 4.69) is 4.74 Å². The molecule has 1 saturated heterocycles. The Bertz CT molecular complexity index is 150. The zero-order chi connectivity index (χ0) is 9.30. The molecule has 72 valence electrons. The van der Waals surface area contributed by atoms with Crippen LogP contribution in [0.25, 0.3) is 0 Å². The van der Waals surface area contributed by atoms with Gasteiger partial charge in [-0.05, 0) is 0 Å². The van der Waals surface area contributed by atoms with Gasteiger partial charge < -0.3 is 30.9 Å². The quantitative estimate of drug-likeness (QED) is 0.288. The largest absolute Gasteiger partial charge is 0.394 e. The molecule has 6 nitrogen and oxygen atoms in total. The van der Waals surface area contributed by atoms with Crippen molar-refractivity contribution >= 4 is 0 Å². The van der Waals surface area contributed by atoms with E-state index in [4.69, 9.17) is 21.1 Å². The second-order valence-corrected chi connectivity index (χ2v) is 2.81. The maximum Gasteiger partial charge on any atom is 0.183 e. The fourth-order valence-corrected chi connectivity index (χ4v) is 1.13. The van der Waals surface area contributed by atoms with Crippen LogP contribution in [0.1, 0.15) is 0 Å². The van der Waals surface area contributed by atoms with Crippen LogP contribution >= 0.6 is 0 Å². The van der Waals surface area contributed by atoms with Crippen molar-refractivity contribution in [3.8, 4) is 0 Å². The Morgan fingerprint density at radius 1 is 1.17 bits per heavy atom. The predicted octanol–water partition coefficient (Wildman–Crippen LogP) is -3.26. The molecule has 0 bridgehead atoms. The standard InChI is InChI=1S/C6H13NO5/c7-3-4(9)2(1-8)12-6(11)5(3)10/h2-6,8-11H,1,7H2/t2?,3?,4-,5?,6+/m1/s1. The molecule has 0 aromatic carbocycles. The number of hydrogen-bond acceptors (Lipinski definition) is 6. The third kappa shape index (κ3) is 1.58. The van der Waals surface area contributed by atoms with Gasteiger partial charge in [-0.1, -0.05) is 0 Å². The third-order valence-electron chi connectivity index (χ3n) is 1.96. The Hall–Kier alpha value is -0.240. The fourth-order valence-electron chi connectivity index (χ4n) is 1.13. The van der Waals surface area contributed by atoms with Crippen LogP contribution in [-0.4, -0.2) is 57.7 Å². The number of nitrogens with two attached hydrogens (primary N) is 1. The summed E-state index contributed by atoms with van der Waals surface area (Å²) < 4.78 is 4.66. The van der Waals surface area contributed by atoms with Gasteiger partial charge in [0.2, 0.25) is 0 Å². The molecular formula is C6H13NO5. The summed E-state index contributed by atoms with van der Waals surface area (Å²) in [7, 11) is 0. The van der Waals surface area contributed by atoms with Gasteiger partial charge in [0.25, 0.3) is 0 Å². The van der Waals surface area contributed by atoms with Crippen LogP contribution in [0.4, 0.5) is 0 Å². The van der Waals surface area contributed by atoms with E-state index in [0.29, 0.717) is 0 Å². The van der Waals surface area contributed by atoms with Crippen LogP contribution in [-0.2, 0) is 4.74 Å². The highest BCUT2D eigenvalue weighted by Gasteiger charge is 2.41. The van der Waals surface area contributed by atoms with Crippen LogP contribution in [0.15, 0.2) is 0 Å². The first kappa shape index (κ1) is 9.85. The van der Waals surface area contributed by atoms with E-state index in [9.17, 15) is 5.11 Å². The molecule has 1 rings (SSSR count). The molecule has 1 aliphatic heterocycles. The molecule has 5 atom stereocenters. The highest BCUT2D eigenvalue weighted by molar-refractivity contribution is 4.90. The van der Waals surface area contributed by atoms with Crippen molar-refractivity contribution in [2.45, 2.75) is 30.6 Å². The van der Waals surface area contributed by atoms with E-state index < -0.39 is 37.3 Å². The molecule has 0 amide bonds. The third-order valence-corrected chi connectivity index (χ3v) is 1.96. The Balaban J connectivity index is 2.63. The van der Waals surface area contributed by atoms with Gasteiger partial charge in [0.1, 0.15) is 18.3 Å². The molecule has 0 aromatic rings. The van der Waals surface area contributed by atoms with Gasteiger partial charge in [0.05, 0.1) is 12.6 Å². The average Bonchev–Trinajstić information content (AvgIpc) is 2.08. The molecule has 1 heterocycles. The Morgan fingerprint density at radius 3 is 2.25 bits per heavy atom. The first-order valence-corrected chi connectivity index (χ1v) is 3.64. The molecule has 0 saturated carbocycles. The molecule has 1 fully saturated rings. The average molecular weight is 179 g/mol. The second kappa shape index (κ2) is 3.65. The maximum absolute atomic E-state index is 9.24. The summed E-state index contributed by atoms with van der Waals surface area (Å²) in [6.45, 7) is -0.446. The Morgan fingerprint density at radius 2 is 1.75 bits per heavy atom. The fraction of sp³-hybridized carbons (Fsp3) is 1.00. The van der Waals surface area contributed by atoms with Crippen molar-refractivity contribution in [1.29, 1.82) is 0 Å². The number of ether oxygens (including phenoxy) is 1. The summed E-state index contributed by atoms with van der Waals surface area (Å²) in [6, 6.07) is -0.995. The van der Waals surface area contributed by atoms with Crippen LogP contribution in [0.3, 0.4) is 0 Å². The molecule has 0 radical (unpaired) electrons. The number of aliphatic hydroxyl groups is 4. The highest BCUT2D eigenvalue weighted by Crippen LogP contribution is 2.17. The summed E-state index contributed by atoms with van der Waals surface area (Å²) >= 11 is 0. The highest BCUT2D eigenvalue weighted by atomic mass is 16.6. The lowest BCUT2D eigenvalue weighted by molar-refractivity contribution is -0.258. The SMILES string of the molecule is NC1C(O)[C@@H](O)OC(CO)[C@H]1O. The first-order valence-electron chi connectivity index (χ1n) is 3.64. The van der Waals surface area contributed by atoms with Gasteiger partial charge in [-0.3, -0.25) is 0 Å². The molecule has 0 aromatic heterocycles. The van der Waals surface area contributed by atoms with Gasteiger partial charge in [0, 0.05) is 0 Å². The molecule has 6 N–H and O–H groups in total. The van der Waals surface area contributed by atoms with Gasteiger partial charge in [-0.2, -0.15) is 0 Å². The van der Waals surface area contributed by atoms with Gasteiger partial charge in [-0.25, -0.2) is 0 Å². The lowest BCUT2D eigenvalue weighted by Crippen LogP contribution is -2.62. The van der Waals surface area contributed by atoms with E-state index >= 15 is 0 Å². The van der Waals surface area contributed by atoms with Crippen molar-refractivity contribution in [3.05, 3.63) is 0 Å². The molecule has 3 unspecified atom stereocenters. The number of rotatable bonds is 1. The Kier molecular flexibility index (Phi) is 2.99. The zero-order valence-electron chi connectivity index (χ0n) is 6.37. The van der Waals surface area contributed by atoms with Crippen LogP contribution in [0.2, 0.25) is 0 Å². The minimum absolute atomic E-state index is 0.446. The minimum atomic E-state index is -1.44. The summed E-state index contributed by atoms with van der Waals surface area (Å²) in [6.07, 6.45) is -4.85. The van der Waals surface area contributed by atoms with Crippen molar-refractivity contribution in [3.63, 3.8) is 0 Å². The lowest BCUT2D eigenvalue weighted by atomic mass is 9.97. The second-order valence-electron chi connectivity index (χ2n) is 2.81. The minimum Gasteiger partial charge on any atom is -0.394 e. The van der Waals surface area contributed by atoms with Gasteiger partial charge in [0.15, 0.2) is 6.29 Å². The number of aliphatic hydroxyl groups excluding tert-OH is 4. The van der Waals surface area contributed by atoms with Crippen molar-refractivity contribution < 1.29 is 25.2 Å². The monoisotopic (exact) mass is 179 g/mol. The normalized spacial score (nSPS) is 49.2. The predicted molar refractivity (Wildman–Crippen MR) is 38.0 cm³/mol. The van der Waals surface area contributed by atoms with E-state index in [1.165, 1.54) is 0 Å². The molecule has 6 heteroatoms. The number of hydrogen-bond donors (Lipinski definition) is 5. The van der Waals surface area contributed by atoms with Crippen molar-refractivity contribution in [2.75, 3.05) is 6.61 Å². The smallest absolute Gasteiger partial charge is 0.183 e. The van der Waals surface area contributed by atoms with Crippen LogP contribution < -0.4 is 5.73 Å². The zero-order valence-corrected chi connectivity index (χ0v) is 6.37. The summed E-state index contributed by atoms with van der Waals surface area (Å²) in [5.74, 6) is 0. The van der Waals surface area contributed by atoms with E-state index in [-0.39, 0.29) is 0 Å². The van der Waals surface area contributed by atoms with E-state index in [0.717, 1.165) is 0 Å². The topological polar surface area (TPSA) is 116 Å². The maximum atomic E-state index is 9.24. The van der Waals surface area contributed by atoms with Crippen LogP contribution in [0, 0.1) is 0 Å². The molecule has 12 heavy (non-hydrogen) atoms. The van der Waals surface area contributed by atoms with Crippen molar-refractivity contribution in [1.82, 2.24) is 0 Å². The summed E-state index contributed by atoms with van der Waals surface area (Å²) in [5, 5.41) is 36.0. The van der Waals surface area contributed by atoms with E-state index in [1.54, 1.807) is 0 Å². The van der Waals surface area contributed by atoms with Gasteiger partial charge in [-0.15, -0.1) is 0 Å². The first-order chi connectivity index (χ1) is 5.57. The van der Waals surface area contributed by atoms with E-state index in [1.807, 2.05) is 0 Å². The van der Waals surface area contributed by atoms with Gasteiger partial charge >= 0.3 is 0 Å². The molecular weight excluding hydrogens is 166 g/mol. The lowest BCUT2D eigenvalue weighted by Gasteiger charge is -2.38. The van der Waals surface area contributed by atoms with Crippen molar-refractivity contribution in [2.24, 2.45) is 5.73 Å².